The normalized spacial score (nSPS) is 11.7. The van der Waals surface area contributed by atoms with Crippen molar-refractivity contribution in [2.75, 3.05) is 20.3 Å². The molecule has 0 bridgehead atoms. The Morgan fingerprint density at radius 1 is 1.20 bits per heavy atom. The van der Waals surface area contributed by atoms with E-state index in [-0.39, 0.29) is 5.41 Å². The average Bonchev–Trinajstić information content (AvgIpc) is 2.18. The van der Waals surface area contributed by atoms with Crippen LogP contribution in [0.3, 0.4) is 0 Å². The molecule has 0 aliphatic rings. The summed E-state index contributed by atoms with van der Waals surface area (Å²) < 4.78 is 0. The predicted molar refractivity (Wildman–Crippen MR) is 66.4 cm³/mol. The van der Waals surface area contributed by atoms with Crippen LogP contribution in [-0.4, -0.2) is 20.3 Å². The zero-order chi connectivity index (χ0) is 11.3. The van der Waals surface area contributed by atoms with Gasteiger partial charge in [0.25, 0.3) is 0 Å². The number of rotatable bonds is 5. The van der Waals surface area contributed by atoms with Crippen LogP contribution in [-0.2, 0) is 5.41 Å². The monoisotopic (exact) mass is 226 g/mol. The molecular weight excluding hydrogens is 208 g/mol. The summed E-state index contributed by atoms with van der Waals surface area (Å²) in [6.45, 7) is 6.21. The fraction of sp³-hybridized carbons (Fsp3) is 0.500. The zero-order valence-corrected chi connectivity index (χ0v) is 10.4. The topological polar surface area (TPSA) is 24.1 Å². The van der Waals surface area contributed by atoms with Gasteiger partial charge in [-0.1, -0.05) is 37.6 Å². The molecule has 0 amide bonds. The Morgan fingerprint density at radius 2 is 1.80 bits per heavy atom. The lowest BCUT2D eigenvalue weighted by Gasteiger charge is -2.25. The molecule has 0 radical (unpaired) electrons. The molecular formula is C12H19ClN2. The Hall–Kier alpha value is -0.570. The van der Waals surface area contributed by atoms with Gasteiger partial charge in [0.1, 0.15) is 0 Å². The molecule has 0 aromatic heterocycles. The van der Waals surface area contributed by atoms with Gasteiger partial charge in [-0.3, -0.25) is 0 Å². The van der Waals surface area contributed by atoms with Gasteiger partial charge in [0.2, 0.25) is 0 Å². The smallest absolute Gasteiger partial charge is 0.0452 e. The first-order chi connectivity index (χ1) is 7.06. The third-order valence-electron chi connectivity index (χ3n) is 2.49. The summed E-state index contributed by atoms with van der Waals surface area (Å²) >= 11 is 5.86. The predicted octanol–water partition coefficient (Wildman–Crippen LogP) is 2.38. The van der Waals surface area contributed by atoms with E-state index in [4.69, 9.17) is 11.6 Å². The van der Waals surface area contributed by atoms with E-state index in [2.05, 4.69) is 36.6 Å². The Bertz CT molecular complexity index is 293. The van der Waals surface area contributed by atoms with Gasteiger partial charge >= 0.3 is 0 Å². The maximum Gasteiger partial charge on any atom is 0.0452 e. The van der Waals surface area contributed by atoms with E-state index in [0.29, 0.717) is 0 Å². The second-order valence-electron chi connectivity index (χ2n) is 4.35. The van der Waals surface area contributed by atoms with Crippen LogP contribution in [0.25, 0.3) is 0 Å². The molecule has 1 aromatic carbocycles. The van der Waals surface area contributed by atoms with E-state index in [1.54, 1.807) is 0 Å². The SMILES string of the molecule is CNCNCC(C)(C)c1ccc(Cl)cc1. The Kier molecular flexibility index (Phi) is 4.58. The zero-order valence-electron chi connectivity index (χ0n) is 9.60. The third kappa shape index (κ3) is 3.82. The molecule has 0 fully saturated rings. The number of nitrogens with one attached hydrogen (secondary N) is 2. The van der Waals surface area contributed by atoms with Crippen LogP contribution >= 0.6 is 11.6 Å². The average molecular weight is 227 g/mol. The molecule has 3 heteroatoms. The van der Waals surface area contributed by atoms with E-state index in [1.807, 2.05) is 19.2 Å². The molecule has 0 aliphatic carbocycles. The highest BCUT2D eigenvalue weighted by molar-refractivity contribution is 6.30. The molecule has 1 rings (SSSR count). The molecule has 0 spiro atoms. The van der Waals surface area contributed by atoms with Crippen molar-refractivity contribution in [3.05, 3.63) is 34.9 Å². The van der Waals surface area contributed by atoms with Gasteiger partial charge in [-0.25, -0.2) is 0 Å². The fourth-order valence-corrected chi connectivity index (χ4v) is 1.63. The number of halogens is 1. The van der Waals surface area contributed by atoms with E-state index >= 15 is 0 Å². The summed E-state index contributed by atoms with van der Waals surface area (Å²) in [6, 6.07) is 8.06. The van der Waals surface area contributed by atoms with Gasteiger partial charge in [-0.05, 0) is 24.7 Å². The van der Waals surface area contributed by atoms with Crippen molar-refractivity contribution in [3.63, 3.8) is 0 Å². The van der Waals surface area contributed by atoms with Crippen molar-refractivity contribution in [1.29, 1.82) is 0 Å². The minimum Gasteiger partial charge on any atom is -0.308 e. The van der Waals surface area contributed by atoms with Gasteiger partial charge in [-0.2, -0.15) is 0 Å². The highest BCUT2D eigenvalue weighted by atomic mass is 35.5. The summed E-state index contributed by atoms with van der Waals surface area (Å²) in [5, 5.41) is 7.20. The van der Waals surface area contributed by atoms with Crippen molar-refractivity contribution >= 4 is 11.6 Å². The molecule has 0 unspecified atom stereocenters. The molecule has 15 heavy (non-hydrogen) atoms. The van der Waals surface area contributed by atoms with Crippen molar-refractivity contribution in [3.8, 4) is 0 Å². The molecule has 1 aromatic rings. The van der Waals surface area contributed by atoms with Crippen LogP contribution in [0.1, 0.15) is 19.4 Å². The van der Waals surface area contributed by atoms with Crippen molar-refractivity contribution in [2.24, 2.45) is 0 Å². The number of hydrogen-bond donors (Lipinski definition) is 2. The lowest BCUT2D eigenvalue weighted by Crippen LogP contribution is -2.37. The first kappa shape index (κ1) is 12.5. The Labute approximate surface area is 97.0 Å². The van der Waals surface area contributed by atoms with E-state index in [9.17, 15) is 0 Å². The molecule has 2 nitrogen and oxygen atoms in total. The van der Waals surface area contributed by atoms with E-state index in [0.717, 1.165) is 18.2 Å². The summed E-state index contributed by atoms with van der Waals surface area (Å²) in [5.74, 6) is 0. The largest absolute Gasteiger partial charge is 0.308 e. The Balaban J connectivity index is 2.63. The van der Waals surface area contributed by atoms with Gasteiger partial charge in [-0.15, -0.1) is 0 Å². The van der Waals surface area contributed by atoms with E-state index in [1.165, 1.54) is 5.56 Å². The van der Waals surface area contributed by atoms with Gasteiger partial charge < -0.3 is 10.6 Å². The van der Waals surface area contributed by atoms with Crippen LogP contribution in [0.5, 0.6) is 0 Å². The van der Waals surface area contributed by atoms with Gasteiger partial charge in [0, 0.05) is 23.7 Å². The number of benzene rings is 1. The molecule has 0 heterocycles. The fourth-order valence-electron chi connectivity index (χ4n) is 1.50. The molecule has 0 saturated heterocycles. The second-order valence-corrected chi connectivity index (χ2v) is 4.78. The lowest BCUT2D eigenvalue weighted by molar-refractivity contribution is 0.460. The second kappa shape index (κ2) is 5.50. The third-order valence-corrected chi connectivity index (χ3v) is 2.75. The standard InChI is InChI=1S/C12H19ClN2/c1-12(2,8-15-9-14-3)10-4-6-11(13)7-5-10/h4-7,14-15H,8-9H2,1-3H3. The summed E-state index contributed by atoms with van der Waals surface area (Å²) in [4.78, 5) is 0. The van der Waals surface area contributed by atoms with Crippen LogP contribution in [0.15, 0.2) is 24.3 Å². The minimum atomic E-state index is 0.126. The van der Waals surface area contributed by atoms with Gasteiger partial charge in [0.05, 0.1) is 0 Å². The minimum absolute atomic E-state index is 0.126. The van der Waals surface area contributed by atoms with Crippen molar-refractivity contribution in [2.45, 2.75) is 19.3 Å². The quantitative estimate of drug-likeness (QED) is 0.595. The van der Waals surface area contributed by atoms with Crippen LogP contribution in [0.2, 0.25) is 5.02 Å². The molecule has 0 aliphatic heterocycles. The highest BCUT2D eigenvalue weighted by Crippen LogP contribution is 2.23. The van der Waals surface area contributed by atoms with Crippen LogP contribution in [0.4, 0.5) is 0 Å². The molecule has 84 valence electrons. The van der Waals surface area contributed by atoms with Crippen LogP contribution in [0, 0.1) is 0 Å². The number of hydrogen-bond acceptors (Lipinski definition) is 2. The first-order valence-corrected chi connectivity index (χ1v) is 5.55. The molecule has 0 atom stereocenters. The van der Waals surface area contributed by atoms with Gasteiger partial charge in [0.15, 0.2) is 0 Å². The molecule has 0 saturated carbocycles. The summed E-state index contributed by atoms with van der Waals surface area (Å²) in [5.41, 5.74) is 1.43. The summed E-state index contributed by atoms with van der Waals surface area (Å²) in [6.07, 6.45) is 0. The van der Waals surface area contributed by atoms with Crippen LogP contribution < -0.4 is 10.6 Å². The van der Waals surface area contributed by atoms with E-state index < -0.39 is 0 Å². The lowest BCUT2D eigenvalue weighted by atomic mass is 9.85. The van der Waals surface area contributed by atoms with Crippen molar-refractivity contribution < 1.29 is 0 Å². The molecule has 2 N–H and O–H groups in total. The Morgan fingerprint density at radius 3 is 2.33 bits per heavy atom. The summed E-state index contributed by atoms with van der Waals surface area (Å²) in [7, 11) is 1.93. The highest BCUT2D eigenvalue weighted by Gasteiger charge is 2.19. The first-order valence-electron chi connectivity index (χ1n) is 5.17. The maximum absolute atomic E-state index is 5.86. The maximum atomic E-state index is 5.86. The van der Waals surface area contributed by atoms with Crippen molar-refractivity contribution in [1.82, 2.24) is 10.6 Å².